The first-order valence-corrected chi connectivity index (χ1v) is 28.6. The minimum Gasteiger partial charge on any atom is -0.394 e. The highest BCUT2D eigenvalue weighted by molar-refractivity contribution is 5.76. The number of rotatable bonds is 46. The smallest absolute Gasteiger partial charge is 0.220 e. The average molecular weight is 1010 g/mol. The first kappa shape index (κ1) is 67.1. The van der Waals surface area contributed by atoms with E-state index in [-0.39, 0.29) is 18.9 Å². The maximum Gasteiger partial charge on any atom is 0.220 e. The molecule has 0 radical (unpaired) electrons. The van der Waals surface area contributed by atoms with Crippen molar-refractivity contribution in [3.8, 4) is 0 Å². The Balaban J connectivity index is 2.35. The van der Waals surface area contributed by atoms with E-state index in [1.807, 2.05) is 6.08 Å². The van der Waals surface area contributed by atoms with Crippen molar-refractivity contribution >= 4 is 5.91 Å². The van der Waals surface area contributed by atoms with Crippen LogP contribution in [0, 0.1) is 0 Å². The second-order valence-corrected chi connectivity index (χ2v) is 19.0. The molecule has 0 aromatic carbocycles. The molecule has 0 aliphatic carbocycles. The normalized spacial score (nSPS) is 20.2. The number of amides is 1. The van der Waals surface area contributed by atoms with E-state index in [0.717, 1.165) is 89.9 Å². The van der Waals surface area contributed by atoms with Crippen LogP contribution in [0.25, 0.3) is 0 Å². The number of carbonyl (C=O) groups excluding carboxylic acids is 1. The lowest BCUT2D eigenvalue weighted by atomic mass is 9.99. The Bertz CT molecular complexity index is 1650. The van der Waals surface area contributed by atoms with Gasteiger partial charge < -0.3 is 40.3 Å². The van der Waals surface area contributed by atoms with Crippen molar-refractivity contribution in [1.82, 2.24) is 5.32 Å². The van der Waals surface area contributed by atoms with E-state index in [4.69, 9.17) is 9.47 Å². The van der Waals surface area contributed by atoms with Gasteiger partial charge in [0.05, 0.1) is 25.4 Å². The molecule has 1 aliphatic rings. The molecule has 412 valence electrons. The Kier molecular flexibility index (Phi) is 47.4. The predicted octanol–water partition coefficient (Wildman–Crippen LogP) is 14.3. The molecule has 1 amide bonds. The van der Waals surface area contributed by atoms with Gasteiger partial charge in [-0.25, -0.2) is 0 Å². The van der Waals surface area contributed by atoms with E-state index in [0.29, 0.717) is 12.8 Å². The lowest BCUT2D eigenvalue weighted by molar-refractivity contribution is -0.302. The summed E-state index contributed by atoms with van der Waals surface area (Å²) >= 11 is 0. The van der Waals surface area contributed by atoms with Gasteiger partial charge in [-0.2, -0.15) is 0 Å². The van der Waals surface area contributed by atoms with Crippen LogP contribution in [0.15, 0.2) is 146 Å². The maximum atomic E-state index is 13.0. The molecule has 0 spiro atoms. The zero-order valence-electron chi connectivity index (χ0n) is 45.6. The first-order chi connectivity index (χ1) is 35.8. The lowest BCUT2D eigenvalue weighted by Crippen LogP contribution is -2.60. The average Bonchev–Trinajstić information content (AvgIpc) is 3.39. The molecule has 1 fully saturated rings. The van der Waals surface area contributed by atoms with Gasteiger partial charge in [0.1, 0.15) is 24.4 Å². The highest BCUT2D eigenvalue weighted by Gasteiger charge is 2.44. The van der Waals surface area contributed by atoms with Gasteiger partial charge in [-0.3, -0.25) is 4.79 Å². The summed E-state index contributed by atoms with van der Waals surface area (Å²) in [6, 6.07) is -0.871. The number of nitrogens with one attached hydrogen (secondary N) is 1. The molecule has 7 atom stereocenters. The highest BCUT2D eigenvalue weighted by atomic mass is 16.7. The molecule has 1 saturated heterocycles. The maximum absolute atomic E-state index is 13.0. The molecule has 0 bridgehead atoms. The third kappa shape index (κ3) is 41.1. The molecule has 73 heavy (non-hydrogen) atoms. The number of unbranched alkanes of at least 4 members (excludes halogenated alkanes) is 14. The highest BCUT2D eigenvalue weighted by Crippen LogP contribution is 2.22. The monoisotopic (exact) mass is 1010 g/mol. The minimum atomic E-state index is -1.60. The van der Waals surface area contributed by atoms with E-state index in [9.17, 15) is 30.3 Å². The van der Waals surface area contributed by atoms with Gasteiger partial charge in [-0.1, -0.05) is 224 Å². The molecule has 1 aliphatic heterocycles. The Morgan fingerprint density at radius 1 is 0.479 bits per heavy atom. The van der Waals surface area contributed by atoms with Crippen LogP contribution in [0.2, 0.25) is 0 Å². The van der Waals surface area contributed by atoms with Gasteiger partial charge in [-0.05, 0) is 109 Å². The summed E-state index contributed by atoms with van der Waals surface area (Å²) in [4.78, 5) is 13.0. The van der Waals surface area contributed by atoms with Crippen LogP contribution in [0.5, 0.6) is 0 Å². The molecule has 6 N–H and O–H groups in total. The summed E-state index contributed by atoms with van der Waals surface area (Å²) < 4.78 is 11.2. The molecule has 9 nitrogen and oxygen atoms in total. The van der Waals surface area contributed by atoms with Crippen molar-refractivity contribution in [2.24, 2.45) is 0 Å². The number of aliphatic hydroxyl groups excluding tert-OH is 5. The first-order valence-electron chi connectivity index (χ1n) is 28.6. The second kappa shape index (κ2) is 51.6. The Labute approximate surface area is 444 Å². The van der Waals surface area contributed by atoms with Crippen molar-refractivity contribution in [2.45, 2.75) is 236 Å². The number of ether oxygens (including phenoxy) is 2. The van der Waals surface area contributed by atoms with Crippen molar-refractivity contribution in [1.29, 1.82) is 0 Å². The van der Waals surface area contributed by atoms with E-state index < -0.39 is 49.5 Å². The molecule has 0 saturated carbocycles. The fourth-order valence-corrected chi connectivity index (χ4v) is 7.89. The summed E-state index contributed by atoms with van der Waals surface area (Å²) in [6.45, 7) is 3.60. The zero-order chi connectivity index (χ0) is 52.9. The largest absolute Gasteiger partial charge is 0.394 e. The van der Waals surface area contributed by atoms with Gasteiger partial charge in [0, 0.05) is 6.42 Å². The molecule has 0 aromatic heterocycles. The van der Waals surface area contributed by atoms with Crippen LogP contribution >= 0.6 is 0 Å². The molecule has 0 aromatic rings. The number of allylic oxidation sites excluding steroid dienone is 23. The van der Waals surface area contributed by atoms with Crippen molar-refractivity contribution in [3.63, 3.8) is 0 Å². The Hall–Kier alpha value is -3.93. The Morgan fingerprint density at radius 3 is 1.32 bits per heavy atom. The van der Waals surface area contributed by atoms with E-state index in [2.05, 4.69) is 153 Å². The number of carbonyl (C=O) groups is 1. The number of hydrogen-bond acceptors (Lipinski definition) is 8. The molecule has 7 unspecified atom stereocenters. The molecule has 9 heteroatoms. The summed E-state index contributed by atoms with van der Waals surface area (Å²) in [6.07, 6.45) is 73.4. The van der Waals surface area contributed by atoms with Crippen molar-refractivity contribution in [3.05, 3.63) is 146 Å². The molecular weight excluding hydrogens is 911 g/mol. The number of hydrogen-bond donors (Lipinski definition) is 6. The summed E-state index contributed by atoms with van der Waals surface area (Å²) in [5.41, 5.74) is 0. The van der Waals surface area contributed by atoms with Crippen molar-refractivity contribution < 1.29 is 39.8 Å². The van der Waals surface area contributed by atoms with Crippen LogP contribution < -0.4 is 5.32 Å². The van der Waals surface area contributed by atoms with E-state index >= 15 is 0 Å². The van der Waals surface area contributed by atoms with Gasteiger partial charge in [-0.15, -0.1) is 0 Å². The zero-order valence-corrected chi connectivity index (χ0v) is 45.6. The summed E-state index contributed by atoms with van der Waals surface area (Å²) in [7, 11) is 0. The number of aliphatic hydroxyl groups is 5. The fraction of sp³-hybridized carbons (Fsp3) is 0.609. The third-order valence-corrected chi connectivity index (χ3v) is 12.4. The van der Waals surface area contributed by atoms with Crippen LogP contribution in [-0.2, 0) is 14.3 Å². The molecular formula is C64H103NO8. The van der Waals surface area contributed by atoms with E-state index in [1.165, 1.54) is 70.6 Å². The second-order valence-electron chi connectivity index (χ2n) is 19.0. The summed E-state index contributed by atoms with van der Waals surface area (Å²) in [5.74, 6) is -0.255. The van der Waals surface area contributed by atoms with Crippen LogP contribution in [0.3, 0.4) is 0 Å². The van der Waals surface area contributed by atoms with Gasteiger partial charge in [0.25, 0.3) is 0 Å². The Morgan fingerprint density at radius 2 is 0.863 bits per heavy atom. The lowest BCUT2D eigenvalue weighted by Gasteiger charge is -2.40. The van der Waals surface area contributed by atoms with Gasteiger partial charge in [0.15, 0.2) is 6.29 Å². The quantitative estimate of drug-likeness (QED) is 0.0261. The van der Waals surface area contributed by atoms with E-state index in [1.54, 1.807) is 6.08 Å². The topological polar surface area (TPSA) is 149 Å². The third-order valence-electron chi connectivity index (χ3n) is 12.4. The van der Waals surface area contributed by atoms with Gasteiger partial charge >= 0.3 is 0 Å². The summed E-state index contributed by atoms with van der Waals surface area (Å²) in [5, 5.41) is 54.4. The van der Waals surface area contributed by atoms with Crippen LogP contribution in [0.4, 0.5) is 0 Å². The van der Waals surface area contributed by atoms with Crippen LogP contribution in [-0.4, -0.2) is 87.5 Å². The van der Waals surface area contributed by atoms with Crippen molar-refractivity contribution in [2.75, 3.05) is 13.2 Å². The predicted molar refractivity (Wildman–Crippen MR) is 308 cm³/mol. The standard InChI is InChI=1S/C64H103NO8/c1-3-5-7-9-11-13-15-17-19-21-23-25-26-27-28-29-30-31-32-34-36-38-40-42-44-46-48-50-52-54-60(68)65-57(56-72-64-63(71)62(70)61(69)59(55-66)73-64)58(67)53-51-49-47-45-43-41-39-37-35-33-24-22-20-18-16-14-12-10-8-6-4-2/h5,7,11,13,17,19,23,25,27-28,30-31,34-37,40,42-43,45-46,48,51,53,57-59,61-64,66-67,69-71H,3-4,6,8-10,12,14-16,18,20-22,24,26,29,32-33,38-39,41,44,47,49-50,52,54-56H2,1-2H3,(H,65,68)/b7-5-,13-11-,19-17-,25-23-,28-27-,31-30-,36-34-,37-35+,42-40-,45-43+,48-46-,53-51+. The minimum absolute atomic E-state index is 0.240. The SMILES string of the molecule is CC/C=C\C/C=C\C/C=C\C/C=C\C/C=C\C/C=C\C/C=C\C/C=C\C/C=C\CCCC(=O)NC(COC1OC(CO)C(O)C(O)C1O)C(O)/C=C/CC/C=C/CC/C=C/CCCCCCCCCCCCC. The molecule has 1 rings (SSSR count). The van der Waals surface area contributed by atoms with Gasteiger partial charge in [0.2, 0.25) is 5.91 Å². The fourth-order valence-electron chi connectivity index (χ4n) is 7.89. The molecule has 1 heterocycles. The van der Waals surface area contributed by atoms with Crippen LogP contribution in [0.1, 0.15) is 194 Å².